The van der Waals surface area contributed by atoms with Gasteiger partial charge in [0.05, 0.1) is 32.5 Å². The summed E-state index contributed by atoms with van der Waals surface area (Å²) in [5.41, 5.74) is 0. The highest BCUT2D eigenvalue weighted by Crippen LogP contribution is 2.01. The Kier molecular flexibility index (Phi) is 5.27. The summed E-state index contributed by atoms with van der Waals surface area (Å²) in [6.45, 7) is 3.73. The Labute approximate surface area is 72.9 Å². The fourth-order valence-electron chi connectivity index (χ4n) is 1.21. The summed E-state index contributed by atoms with van der Waals surface area (Å²) in [5.74, 6) is 0. The fraction of sp³-hybridized carbons (Fsp3) is 1.00. The predicted molar refractivity (Wildman–Crippen MR) is 45.1 cm³/mol. The van der Waals surface area contributed by atoms with Crippen LogP contribution < -0.4 is 5.32 Å². The van der Waals surface area contributed by atoms with Crippen molar-refractivity contribution < 1.29 is 14.6 Å². The van der Waals surface area contributed by atoms with E-state index in [2.05, 4.69) is 5.32 Å². The Morgan fingerprint density at radius 1 is 1.33 bits per heavy atom. The molecule has 0 aliphatic carbocycles. The molecule has 4 heteroatoms. The average molecular weight is 175 g/mol. The van der Waals surface area contributed by atoms with Gasteiger partial charge in [0.25, 0.3) is 0 Å². The minimum Gasteiger partial charge on any atom is -0.394 e. The minimum atomic E-state index is 0.0883. The van der Waals surface area contributed by atoms with E-state index in [0.717, 1.165) is 19.5 Å². The maximum Gasteiger partial charge on any atom is 0.0712 e. The molecule has 1 heterocycles. The van der Waals surface area contributed by atoms with E-state index in [4.69, 9.17) is 14.6 Å². The maximum absolute atomic E-state index is 8.40. The molecule has 12 heavy (non-hydrogen) atoms. The second kappa shape index (κ2) is 6.37. The van der Waals surface area contributed by atoms with E-state index in [9.17, 15) is 0 Å². The van der Waals surface area contributed by atoms with Gasteiger partial charge < -0.3 is 19.9 Å². The topological polar surface area (TPSA) is 50.7 Å². The third-order valence-electron chi connectivity index (χ3n) is 1.83. The quantitative estimate of drug-likeness (QED) is 0.528. The van der Waals surface area contributed by atoms with Crippen molar-refractivity contribution in [2.24, 2.45) is 0 Å². The minimum absolute atomic E-state index is 0.0883. The van der Waals surface area contributed by atoms with Crippen molar-refractivity contribution in [2.75, 3.05) is 39.5 Å². The van der Waals surface area contributed by atoms with Crippen LogP contribution in [0.15, 0.2) is 0 Å². The zero-order valence-corrected chi connectivity index (χ0v) is 7.29. The van der Waals surface area contributed by atoms with Crippen LogP contribution >= 0.6 is 0 Å². The van der Waals surface area contributed by atoms with Crippen LogP contribution in [0.5, 0.6) is 0 Å². The molecule has 1 aliphatic rings. The van der Waals surface area contributed by atoms with Gasteiger partial charge in [-0.15, -0.1) is 0 Å². The normalized spacial score (nSPS) is 23.2. The lowest BCUT2D eigenvalue weighted by Gasteiger charge is -2.09. The monoisotopic (exact) mass is 175 g/mol. The molecule has 0 aromatic heterocycles. The van der Waals surface area contributed by atoms with Gasteiger partial charge in [0, 0.05) is 6.54 Å². The lowest BCUT2D eigenvalue weighted by molar-refractivity contribution is 0.00486. The molecule has 72 valence electrons. The third-order valence-corrected chi connectivity index (χ3v) is 1.83. The first-order valence-corrected chi connectivity index (χ1v) is 4.44. The number of aliphatic hydroxyl groups is 1. The summed E-state index contributed by atoms with van der Waals surface area (Å²) < 4.78 is 10.5. The summed E-state index contributed by atoms with van der Waals surface area (Å²) in [4.78, 5) is 0. The molecule has 1 atom stereocenters. The zero-order chi connectivity index (χ0) is 8.65. The van der Waals surface area contributed by atoms with Crippen LogP contribution in [0.25, 0.3) is 0 Å². The van der Waals surface area contributed by atoms with Crippen molar-refractivity contribution in [3.05, 3.63) is 0 Å². The maximum atomic E-state index is 8.40. The van der Waals surface area contributed by atoms with E-state index >= 15 is 0 Å². The summed E-state index contributed by atoms with van der Waals surface area (Å²) in [7, 11) is 0. The van der Waals surface area contributed by atoms with E-state index in [1.54, 1.807) is 0 Å². The Morgan fingerprint density at radius 3 is 2.92 bits per heavy atom. The van der Waals surface area contributed by atoms with E-state index in [1.807, 2.05) is 0 Å². The van der Waals surface area contributed by atoms with Crippen LogP contribution in [0.4, 0.5) is 0 Å². The van der Waals surface area contributed by atoms with Crippen molar-refractivity contribution in [2.45, 2.75) is 12.5 Å². The van der Waals surface area contributed by atoms with Crippen molar-refractivity contribution in [3.63, 3.8) is 0 Å². The van der Waals surface area contributed by atoms with Gasteiger partial charge >= 0.3 is 0 Å². The van der Waals surface area contributed by atoms with Gasteiger partial charge in [-0.25, -0.2) is 0 Å². The molecule has 0 aromatic rings. The number of nitrogens with one attached hydrogen (secondary N) is 1. The molecule has 2 N–H and O–H groups in total. The van der Waals surface area contributed by atoms with Crippen LogP contribution in [0, 0.1) is 0 Å². The molecular weight excluding hydrogens is 158 g/mol. The number of rotatable bonds is 6. The average Bonchev–Trinajstić information content (AvgIpc) is 2.57. The van der Waals surface area contributed by atoms with Gasteiger partial charge in [-0.2, -0.15) is 0 Å². The molecule has 0 saturated carbocycles. The van der Waals surface area contributed by atoms with Gasteiger partial charge in [-0.1, -0.05) is 0 Å². The molecular formula is C8H17NO3. The number of aliphatic hydroxyl groups excluding tert-OH is 1. The highest BCUT2D eigenvalue weighted by molar-refractivity contribution is 4.70. The van der Waals surface area contributed by atoms with Crippen LogP contribution in [0.2, 0.25) is 0 Å². The molecule has 0 aromatic carbocycles. The molecule has 1 saturated heterocycles. The Bertz CT molecular complexity index is 104. The second-order valence-electron chi connectivity index (χ2n) is 2.82. The van der Waals surface area contributed by atoms with Crippen LogP contribution in [0.3, 0.4) is 0 Å². The first kappa shape index (κ1) is 9.92. The molecule has 0 radical (unpaired) electrons. The molecule has 0 bridgehead atoms. The van der Waals surface area contributed by atoms with Crippen molar-refractivity contribution in [1.29, 1.82) is 0 Å². The highest BCUT2D eigenvalue weighted by atomic mass is 16.5. The molecule has 4 nitrogen and oxygen atoms in total. The molecule has 1 rings (SSSR count). The summed E-state index contributed by atoms with van der Waals surface area (Å²) in [6, 6.07) is 0. The van der Waals surface area contributed by atoms with Gasteiger partial charge in [0.2, 0.25) is 0 Å². The molecule has 1 fully saturated rings. The fourth-order valence-corrected chi connectivity index (χ4v) is 1.21. The van der Waals surface area contributed by atoms with Crippen LogP contribution in [-0.2, 0) is 9.47 Å². The van der Waals surface area contributed by atoms with E-state index in [0.29, 0.717) is 25.9 Å². The van der Waals surface area contributed by atoms with Crippen molar-refractivity contribution in [1.82, 2.24) is 5.32 Å². The third kappa shape index (κ3) is 4.01. The first-order valence-electron chi connectivity index (χ1n) is 4.44. The Hall–Kier alpha value is -0.160. The van der Waals surface area contributed by atoms with E-state index < -0.39 is 0 Å². The summed E-state index contributed by atoms with van der Waals surface area (Å²) >= 11 is 0. The number of hydrogen-bond acceptors (Lipinski definition) is 4. The second-order valence-corrected chi connectivity index (χ2v) is 2.82. The van der Waals surface area contributed by atoms with Gasteiger partial charge in [-0.05, 0) is 13.0 Å². The van der Waals surface area contributed by atoms with Gasteiger partial charge in [-0.3, -0.25) is 0 Å². The van der Waals surface area contributed by atoms with E-state index in [-0.39, 0.29) is 6.61 Å². The van der Waals surface area contributed by atoms with Crippen LogP contribution in [0.1, 0.15) is 6.42 Å². The van der Waals surface area contributed by atoms with Gasteiger partial charge in [0.15, 0.2) is 0 Å². The molecule has 0 unspecified atom stereocenters. The van der Waals surface area contributed by atoms with Crippen molar-refractivity contribution >= 4 is 0 Å². The highest BCUT2D eigenvalue weighted by Gasteiger charge is 2.13. The summed E-state index contributed by atoms with van der Waals surface area (Å²) in [5, 5.41) is 11.6. The van der Waals surface area contributed by atoms with Crippen LogP contribution in [-0.4, -0.2) is 50.7 Å². The molecule has 0 amide bonds. The Morgan fingerprint density at radius 2 is 2.25 bits per heavy atom. The SMILES string of the molecule is OCCOCCO[C@H]1CCNC1. The first-order chi connectivity index (χ1) is 5.93. The lowest BCUT2D eigenvalue weighted by atomic mass is 10.3. The standard InChI is InChI=1S/C8H17NO3/c10-3-4-11-5-6-12-8-1-2-9-7-8/h8-10H,1-7H2/t8-/m0/s1. The number of ether oxygens (including phenoxy) is 2. The van der Waals surface area contributed by atoms with Gasteiger partial charge in [0.1, 0.15) is 0 Å². The lowest BCUT2D eigenvalue weighted by Crippen LogP contribution is -2.19. The Balaban J connectivity index is 1.81. The van der Waals surface area contributed by atoms with E-state index in [1.165, 1.54) is 0 Å². The van der Waals surface area contributed by atoms with Crippen molar-refractivity contribution in [3.8, 4) is 0 Å². The number of hydrogen-bond donors (Lipinski definition) is 2. The predicted octanol–water partition coefficient (Wildman–Crippen LogP) is -0.626. The zero-order valence-electron chi connectivity index (χ0n) is 7.29. The largest absolute Gasteiger partial charge is 0.394 e. The molecule has 1 aliphatic heterocycles. The molecule has 0 spiro atoms. The smallest absolute Gasteiger partial charge is 0.0712 e. The summed E-state index contributed by atoms with van der Waals surface area (Å²) in [6.07, 6.45) is 1.46.